The van der Waals surface area contributed by atoms with E-state index in [9.17, 15) is 0 Å². The molecule has 0 fully saturated rings. The Morgan fingerprint density at radius 1 is 1.64 bits per heavy atom. The second-order valence-corrected chi connectivity index (χ2v) is 3.04. The standard InChI is InChI=1S/C9H16N2/c1-11(2)10-8-7-9-5-3-4-6-9/h3,10H,4,6-8H2,1-2H3. The molecule has 11 heavy (non-hydrogen) atoms. The highest BCUT2D eigenvalue weighted by Crippen LogP contribution is 2.13. The second-order valence-electron chi connectivity index (χ2n) is 3.04. The van der Waals surface area contributed by atoms with Crippen LogP contribution in [0.1, 0.15) is 19.3 Å². The Hall–Kier alpha value is -0.560. The van der Waals surface area contributed by atoms with E-state index in [-0.39, 0.29) is 0 Å². The number of hydrogen-bond acceptors (Lipinski definition) is 2. The van der Waals surface area contributed by atoms with Crippen molar-refractivity contribution < 1.29 is 0 Å². The lowest BCUT2D eigenvalue weighted by Gasteiger charge is -2.11. The van der Waals surface area contributed by atoms with Gasteiger partial charge in [0.1, 0.15) is 0 Å². The summed E-state index contributed by atoms with van der Waals surface area (Å²) >= 11 is 0. The van der Waals surface area contributed by atoms with Crippen molar-refractivity contribution in [3.63, 3.8) is 0 Å². The SMILES string of the molecule is CN(C)NCCC1=C=CCC1. The van der Waals surface area contributed by atoms with Gasteiger partial charge in [-0.15, -0.1) is 5.73 Å². The zero-order valence-corrected chi connectivity index (χ0v) is 7.35. The molecule has 0 heterocycles. The molecular weight excluding hydrogens is 136 g/mol. The Kier molecular flexibility index (Phi) is 3.37. The fraction of sp³-hybridized carbons (Fsp3) is 0.667. The normalized spacial score (nSPS) is 16.1. The van der Waals surface area contributed by atoms with Gasteiger partial charge in [-0.1, -0.05) is 0 Å². The van der Waals surface area contributed by atoms with Crippen molar-refractivity contribution in [1.29, 1.82) is 0 Å². The first-order valence-corrected chi connectivity index (χ1v) is 4.13. The molecule has 0 aliphatic heterocycles. The van der Waals surface area contributed by atoms with Crippen molar-refractivity contribution in [3.8, 4) is 0 Å². The fourth-order valence-corrected chi connectivity index (χ4v) is 1.16. The van der Waals surface area contributed by atoms with E-state index in [4.69, 9.17) is 0 Å². The van der Waals surface area contributed by atoms with Crippen molar-refractivity contribution in [2.24, 2.45) is 0 Å². The molecule has 0 aromatic carbocycles. The molecule has 0 spiro atoms. The van der Waals surface area contributed by atoms with Crippen LogP contribution in [-0.2, 0) is 0 Å². The summed E-state index contributed by atoms with van der Waals surface area (Å²) in [6, 6.07) is 0. The van der Waals surface area contributed by atoms with Gasteiger partial charge < -0.3 is 0 Å². The molecule has 0 saturated carbocycles. The molecule has 0 aromatic heterocycles. The van der Waals surface area contributed by atoms with Gasteiger partial charge in [-0.05, 0) is 30.9 Å². The van der Waals surface area contributed by atoms with Crippen molar-refractivity contribution >= 4 is 0 Å². The summed E-state index contributed by atoms with van der Waals surface area (Å²) in [5.74, 6) is 0. The monoisotopic (exact) mass is 152 g/mol. The van der Waals surface area contributed by atoms with Crippen LogP contribution in [0.2, 0.25) is 0 Å². The smallest absolute Gasteiger partial charge is 0.0145 e. The summed E-state index contributed by atoms with van der Waals surface area (Å²) in [4.78, 5) is 0. The van der Waals surface area contributed by atoms with E-state index in [2.05, 4.69) is 17.2 Å². The van der Waals surface area contributed by atoms with Crippen molar-refractivity contribution in [1.82, 2.24) is 10.4 Å². The van der Waals surface area contributed by atoms with Gasteiger partial charge >= 0.3 is 0 Å². The van der Waals surface area contributed by atoms with Crippen LogP contribution in [0.4, 0.5) is 0 Å². The lowest BCUT2D eigenvalue weighted by atomic mass is 10.2. The number of hydrogen-bond donors (Lipinski definition) is 1. The molecular formula is C9H16N2. The maximum Gasteiger partial charge on any atom is 0.0145 e. The fourth-order valence-electron chi connectivity index (χ4n) is 1.16. The molecule has 1 N–H and O–H groups in total. The zero-order chi connectivity index (χ0) is 8.10. The van der Waals surface area contributed by atoms with E-state index >= 15 is 0 Å². The van der Waals surface area contributed by atoms with Gasteiger partial charge in [-0.3, -0.25) is 10.4 Å². The molecule has 1 aliphatic carbocycles. The average molecular weight is 152 g/mol. The van der Waals surface area contributed by atoms with Gasteiger partial charge in [0.25, 0.3) is 0 Å². The number of rotatable bonds is 4. The Morgan fingerprint density at radius 2 is 2.45 bits per heavy atom. The van der Waals surface area contributed by atoms with Crippen LogP contribution in [0.5, 0.6) is 0 Å². The van der Waals surface area contributed by atoms with Crippen LogP contribution < -0.4 is 5.43 Å². The molecule has 0 atom stereocenters. The van der Waals surface area contributed by atoms with Gasteiger partial charge in [-0.25, -0.2) is 0 Å². The highest BCUT2D eigenvalue weighted by atomic mass is 15.5. The predicted octanol–water partition coefficient (Wildman–Crippen LogP) is 1.32. The summed E-state index contributed by atoms with van der Waals surface area (Å²) in [6.45, 7) is 1.03. The molecule has 62 valence electrons. The van der Waals surface area contributed by atoms with Gasteiger partial charge in [-0.2, -0.15) is 0 Å². The minimum absolute atomic E-state index is 1.03. The Morgan fingerprint density at radius 3 is 3.00 bits per heavy atom. The summed E-state index contributed by atoms with van der Waals surface area (Å²) in [7, 11) is 4.03. The van der Waals surface area contributed by atoms with E-state index < -0.39 is 0 Å². The zero-order valence-electron chi connectivity index (χ0n) is 7.35. The third kappa shape index (κ3) is 3.38. The molecule has 2 heteroatoms. The number of nitrogens with zero attached hydrogens (tertiary/aromatic N) is 1. The molecule has 2 nitrogen and oxygen atoms in total. The van der Waals surface area contributed by atoms with E-state index in [1.54, 1.807) is 0 Å². The van der Waals surface area contributed by atoms with Crippen molar-refractivity contribution in [2.45, 2.75) is 19.3 Å². The summed E-state index contributed by atoms with van der Waals surface area (Å²) in [5, 5.41) is 1.99. The lowest BCUT2D eigenvalue weighted by molar-refractivity contribution is 0.292. The summed E-state index contributed by atoms with van der Waals surface area (Å²) in [6.07, 6.45) is 5.67. The van der Waals surface area contributed by atoms with Crippen molar-refractivity contribution in [3.05, 3.63) is 17.4 Å². The molecule has 0 unspecified atom stereocenters. The third-order valence-electron chi connectivity index (χ3n) is 1.75. The molecule has 0 radical (unpaired) electrons. The minimum atomic E-state index is 1.03. The van der Waals surface area contributed by atoms with Crippen LogP contribution >= 0.6 is 0 Å². The molecule has 0 amide bonds. The van der Waals surface area contributed by atoms with E-state index in [1.165, 1.54) is 18.4 Å². The first kappa shape index (κ1) is 8.54. The van der Waals surface area contributed by atoms with Gasteiger partial charge in [0, 0.05) is 20.6 Å². The molecule has 1 aliphatic rings. The first-order valence-electron chi connectivity index (χ1n) is 4.13. The molecule has 1 rings (SSSR count). The minimum Gasteiger partial charge on any atom is -0.255 e. The van der Waals surface area contributed by atoms with Gasteiger partial charge in [0.2, 0.25) is 0 Å². The third-order valence-corrected chi connectivity index (χ3v) is 1.75. The Labute approximate surface area is 68.6 Å². The summed E-state index contributed by atoms with van der Waals surface area (Å²) in [5.41, 5.74) is 7.95. The van der Waals surface area contributed by atoms with Crippen molar-refractivity contribution in [2.75, 3.05) is 20.6 Å². The molecule has 0 bridgehead atoms. The maximum atomic E-state index is 3.26. The number of nitrogens with one attached hydrogen (secondary N) is 1. The van der Waals surface area contributed by atoms with E-state index in [0.29, 0.717) is 0 Å². The highest BCUT2D eigenvalue weighted by molar-refractivity contribution is 5.09. The van der Waals surface area contributed by atoms with E-state index in [1.807, 2.05) is 19.1 Å². The maximum absolute atomic E-state index is 3.26. The predicted molar refractivity (Wildman–Crippen MR) is 47.1 cm³/mol. The van der Waals surface area contributed by atoms with Crippen LogP contribution in [0.3, 0.4) is 0 Å². The highest BCUT2D eigenvalue weighted by Gasteiger charge is 1.99. The van der Waals surface area contributed by atoms with E-state index in [0.717, 1.165) is 13.0 Å². The van der Waals surface area contributed by atoms with Gasteiger partial charge in [0.15, 0.2) is 0 Å². The number of hydrazine groups is 1. The lowest BCUT2D eigenvalue weighted by Crippen LogP contribution is -2.31. The van der Waals surface area contributed by atoms with Gasteiger partial charge in [0.05, 0.1) is 0 Å². The molecule has 0 saturated heterocycles. The average Bonchev–Trinajstić information content (AvgIpc) is 2.39. The quantitative estimate of drug-likeness (QED) is 0.483. The van der Waals surface area contributed by atoms with Crippen LogP contribution in [0.25, 0.3) is 0 Å². The second kappa shape index (κ2) is 4.35. The largest absolute Gasteiger partial charge is 0.255 e. The Bertz CT molecular complexity index is 176. The van der Waals surface area contributed by atoms with Crippen LogP contribution in [-0.4, -0.2) is 25.6 Å². The van der Waals surface area contributed by atoms with Crippen LogP contribution in [0, 0.1) is 0 Å². The first-order chi connectivity index (χ1) is 5.29. The topological polar surface area (TPSA) is 15.3 Å². The van der Waals surface area contributed by atoms with Crippen LogP contribution in [0.15, 0.2) is 17.4 Å². The Balaban J connectivity index is 2.08. The molecule has 0 aromatic rings. The summed E-state index contributed by atoms with van der Waals surface area (Å²) < 4.78 is 0.